The number of carbonyl (C=O) groups is 1. The van der Waals surface area contributed by atoms with Crippen LogP contribution < -0.4 is 10.1 Å². The van der Waals surface area contributed by atoms with E-state index in [1.54, 1.807) is 30.3 Å². The van der Waals surface area contributed by atoms with E-state index in [0.717, 1.165) is 3.57 Å². The molecule has 5 heteroatoms. The van der Waals surface area contributed by atoms with Crippen molar-refractivity contribution in [3.05, 3.63) is 56.6 Å². The Balaban J connectivity index is 2.10. The first-order valence-electron chi connectivity index (χ1n) is 6.95. The summed E-state index contributed by atoms with van der Waals surface area (Å²) in [5.41, 5.74) is 1.14. The highest BCUT2D eigenvalue weighted by molar-refractivity contribution is 14.1. The molecule has 0 saturated heterocycles. The molecule has 0 spiro atoms. The maximum atomic E-state index is 12.3. The molecule has 0 atom stereocenters. The average Bonchev–Trinajstić information content (AvgIpc) is 2.48. The van der Waals surface area contributed by atoms with Gasteiger partial charge in [-0.2, -0.15) is 0 Å². The van der Waals surface area contributed by atoms with Crippen LogP contribution in [0.4, 0.5) is 5.69 Å². The first kappa shape index (κ1) is 17.1. The lowest BCUT2D eigenvalue weighted by Crippen LogP contribution is -2.12. The highest BCUT2D eigenvalue weighted by Crippen LogP contribution is 2.25. The maximum Gasteiger partial charge on any atom is 0.255 e. The molecular weight excluding hydrogens is 413 g/mol. The zero-order valence-electron chi connectivity index (χ0n) is 12.4. The molecule has 2 aromatic carbocycles. The largest absolute Gasteiger partial charge is 0.493 e. The number of hydrogen-bond donors (Lipinski definition) is 1. The predicted molar refractivity (Wildman–Crippen MR) is 98.9 cm³/mol. The number of anilines is 1. The summed E-state index contributed by atoms with van der Waals surface area (Å²) >= 11 is 8.30. The summed E-state index contributed by atoms with van der Waals surface area (Å²) in [5.74, 6) is 0.913. The van der Waals surface area contributed by atoms with E-state index in [1.807, 2.05) is 12.1 Å². The van der Waals surface area contributed by atoms with E-state index in [-0.39, 0.29) is 5.91 Å². The summed E-state index contributed by atoms with van der Waals surface area (Å²) in [6, 6.07) is 12.6. The molecule has 1 N–H and O–H groups in total. The number of nitrogens with one attached hydrogen (secondary N) is 1. The second kappa shape index (κ2) is 7.83. The number of amides is 1. The van der Waals surface area contributed by atoms with E-state index in [1.165, 1.54) is 0 Å². The summed E-state index contributed by atoms with van der Waals surface area (Å²) in [4.78, 5) is 12.3. The van der Waals surface area contributed by atoms with Crippen LogP contribution in [0.1, 0.15) is 24.2 Å². The Kier molecular flexibility index (Phi) is 6.08. The van der Waals surface area contributed by atoms with E-state index in [2.05, 4.69) is 41.8 Å². The predicted octanol–water partition coefficient (Wildman–Crippen LogP) is 5.23. The number of carbonyl (C=O) groups excluding carboxylic acids is 1. The molecule has 0 aliphatic rings. The average molecular weight is 430 g/mol. The molecule has 0 saturated carbocycles. The Morgan fingerprint density at radius 2 is 2.05 bits per heavy atom. The third-order valence-corrected chi connectivity index (χ3v) is 3.84. The Labute approximate surface area is 149 Å². The van der Waals surface area contributed by atoms with Gasteiger partial charge in [0.2, 0.25) is 0 Å². The van der Waals surface area contributed by atoms with Crippen molar-refractivity contribution in [2.75, 3.05) is 11.9 Å². The zero-order chi connectivity index (χ0) is 16.1. The molecule has 0 aliphatic carbocycles. The monoisotopic (exact) mass is 429 g/mol. The van der Waals surface area contributed by atoms with Crippen LogP contribution >= 0.6 is 34.2 Å². The van der Waals surface area contributed by atoms with Crippen LogP contribution in [0.2, 0.25) is 5.02 Å². The first-order chi connectivity index (χ1) is 10.5. The highest BCUT2D eigenvalue weighted by atomic mass is 127. The van der Waals surface area contributed by atoms with Gasteiger partial charge in [0.05, 0.1) is 17.3 Å². The molecule has 0 unspecified atom stereocenters. The molecule has 0 aliphatic heterocycles. The van der Waals surface area contributed by atoms with E-state index in [4.69, 9.17) is 16.3 Å². The number of ether oxygens (including phenoxy) is 1. The molecule has 0 heterocycles. The Morgan fingerprint density at radius 1 is 1.27 bits per heavy atom. The standard InChI is InChI=1S/C17H17ClINO2/c1-11(2)10-22-14-5-3-4-12(8-14)17(21)20-16-7-6-13(19)9-15(16)18/h3-9,11H,10H2,1-2H3,(H,20,21). The van der Waals surface area contributed by atoms with Crippen LogP contribution in [0.25, 0.3) is 0 Å². The lowest BCUT2D eigenvalue weighted by molar-refractivity contribution is 0.102. The van der Waals surface area contributed by atoms with Gasteiger partial charge in [-0.25, -0.2) is 0 Å². The Hall–Kier alpha value is -1.27. The van der Waals surface area contributed by atoms with E-state index in [0.29, 0.717) is 34.5 Å². The molecule has 0 aromatic heterocycles. The van der Waals surface area contributed by atoms with Crippen LogP contribution in [-0.2, 0) is 0 Å². The molecule has 2 aromatic rings. The van der Waals surface area contributed by atoms with E-state index >= 15 is 0 Å². The number of hydrogen-bond acceptors (Lipinski definition) is 2. The SMILES string of the molecule is CC(C)COc1cccc(C(=O)Nc2ccc(I)cc2Cl)c1. The number of benzene rings is 2. The van der Waals surface area contributed by atoms with Gasteiger partial charge in [-0.15, -0.1) is 0 Å². The van der Waals surface area contributed by atoms with E-state index < -0.39 is 0 Å². The fourth-order valence-electron chi connectivity index (χ4n) is 1.78. The van der Waals surface area contributed by atoms with Crippen LogP contribution in [0.3, 0.4) is 0 Å². The van der Waals surface area contributed by atoms with Crippen LogP contribution in [0.5, 0.6) is 5.75 Å². The van der Waals surface area contributed by atoms with Crippen molar-refractivity contribution in [3.8, 4) is 5.75 Å². The van der Waals surface area contributed by atoms with Crippen LogP contribution in [-0.4, -0.2) is 12.5 Å². The van der Waals surface area contributed by atoms with Gasteiger partial charge < -0.3 is 10.1 Å². The molecule has 1 amide bonds. The summed E-state index contributed by atoms with van der Waals surface area (Å²) in [5, 5.41) is 3.34. The molecule has 3 nitrogen and oxygen atoms in total. The Bertz CT molecular complexity index is 673. The molecule has 0 fully saturated rings. The van der Waals surface area contributed by atoms with Crippen molar-refractivity contribution < 1.29 is 9.53 Å². The molecule has 116 valence electrons. The van der Waals surface area contributed by atoms with Gasteiger partial charge in [-0.1, -0.05) is 31.5 Å². The first-order valence-corrected chi connectivity index (χ1v) is 8.40. The molecule has 2 rings (SSSR count). The zero-order valence-corrected chi connectivity index (χ0v) is 15.3. The van der Waals surface area contributed by atoms with Gasteiger partial charge in [0.1, 0.15) is 5.75 Å². The summed E-state index contributed by atoms with van der Waals surface area (Å²) in [7, 11) is 0. The second-order valence-corrected chi connectivity index (χ2v) is 6.96. The quantitative estimate of drug-likeness (QED) is 0.661. The lowest BCUT2D eigenvalue weighted by atomic mass is 10.2. The minimum absolute atomic E-state index is 0.210. The van der Waals surface area contributed by atoms with Crippen molar-refractivity contribution in [1.29, 1.82) is 0 Å². The summed E-state index contributed by atoms with van der Waals surface area (Å²) < 4.78 is 6.66. The number of halogens is 2. The van der Waals surface area contributed by atoms with Crippen LogP contribution in [0, 0.1) is 9.49 Å². The van der Waals surface area contributed by atoms with Gasteiger partial charge in [0.25, 0.3) is 5.91 Å². The smallest absolute Gasteiger partial charge is 0.255 e. The molecule has 0 bridgehead atoms. The Morgan fingerprint density at radius 3 is 2.73 bits per heavy atom. The third-order valence-electron chi connectivity index (χ3n) is 2.86. The van der Waals surface area contributed by atoms with Gasteiger partial charge in [0, 0.05) is 9.13 Å². The molecule has 0 radical (unpaired) electrons. The summed E-state index contributed by atoms with van der Waals surface area (Å²) in [6.45, 7) is 4.78. The van der Waals surface area contributed by atoms with Crippen molar-refractivity contribution >= 4 is 45.8 Å². The van der Waals surface area contributed by atoms with Crippen molar-refractivity contribution in [2.24, 2.45) is 5.92 Å². The van der Waals surface area contributed by atoms with Crippen molar-refractivity contribution in [3.63, 3.8) is 0 Å². The minimum Gasteiger partial charge on any atom is -0.493 e. The molecule has 22 heavy (non-hydrogen) atoms. The fourth-order valence-corrected chi connectivity index (χ4v) is 2.68. The fraction of sp³-hybridized carbons (Fsp3) is 0.235. The topological polar surface area (TPSA) is 38.3 Å². The van der Waals surface area contributed by atoms with Gasteiger partial charge in [-0.05, 0) is 64.9 Å². The second-order valence-electron chi connectivity index (χ2n) is 5.31. The van der Waals surface area contributed by atoms with Crippen molar-refractivity contribution in [1.82, 2.24) is 0 Å². The van der Waals surface area contributed by atoms with Crippen LogP contribution in [0.15, 0.2) is 42.5 Å². The van der Waals surface area contributed by atoms with Gasteiger partial charge in [-0.3, -0.25) is 4.79 Å². The van der Waals surface area contributed by atoms with Crippen molar-refractivity contribution in [2.45, 2.75) is 13.8 Å². The van der Waals surface area contributed by atoms with Gasteiger partial charge in [0.15, 0.2) is 0 Å². The third kappa shape index (κ3) is 4.88. The lowest BCUT2D eigenvalue weighted by Gasteiger charge is -2.11. The molecular formula is C17H17ClINO2. The minimum atomic E-state index is -0.210. The maximum absolute atomic E-state index is 12.3. The van der Waals surface area contributed by atoms with Gasteiger partial charge >= 0.3 is 0 Å². The highest BCUT2D eigenvalue weighted by Gasteiger charge is 2.10. The summed E-state index contributed by atoms with van der Waals surface area (Å²) in [6.07, 6.45) is 0. The normalized spacial score (nSPS) is 10.6. The number of rotatable bonds is 5. The van der Waals surface area contributed by atoms with E-state index in [9.17, 15) is 4.79 Å².